The zero-order valence-corrected chi connectivity index (χ0v) is 20.8. The van der Waals surface area contributed by atoms with Gasteiger partial charge in [0.15, 0.2) is 0 Å². The predicted octanol–water partition coefficient (Wildman–Crippen LogP) is 8.33. The van der Waals surface area contributed by atoms with Gasteiger partial charge in [-0.2, -0.15) is 0 Å². The van der Waals surface area contributed by atoms with Crippen LogP contribution in [0.3, 0.4) is 0 Å². The molecular weight excluding hydrogens is 569 g/mol. The van der Waals surface area contributed by atoms with Crippen LogP contribution in [0.2, 0.25) is 10.0 Å². The first-order valence-corrected chi connectivity index (χ1v) is 12.2. The highest BCUT2D eigenvalue weighted by atomic mass is 79.9. The highest BCUT2D eigenvalue weighted by Gasteiger charge is 2.15. The maximum Gasteiger partial charge on any atom is 0.210 e. The van der Waals surface area contributed by atoms with Gasteiger partial charge in [-0.25, -0.2) is 4.98 Å². The van der Waals surface area contributed by atoms with Crippen LogP contribution >= 0.6 is 66.8 Å². The van der Waals surface area contributed by atoms with E-state index in [9.17, 15) is 0 Å². The summed E-state index contributed by atoms with van der Waals surface area (Å²) in [6, 6.07) is 21.4. The lowest BCUT2D eigenvalue weighted by atomic mass is 10.0. The number of nitrogens with zero attached hydrogens (tertiary/aromatic N) is 3. The van der Waals surface area contributed by atoms with Crippen LogP contribution in [-0.2, 0) is 5.75 Å². The fraction of sp³-hybridized carbons (Fsp3) is 0.0455. The molecule has 3 nitrogen and oxygen atoms in total. The van der Waals surface area contributed by atoms with Gasteiger partial charge >= 0.3 is 0 Å². The molecule has 1 aromatic heterocycles. The van der Waals surface area contributed by atoms with Gasteiger partial charge in [0.05, 0.1) is 0 Å². The van der Waals surface area contributed by atoms with Crippen molar-refractivity contribution in [2.75, 3.05) is 0 Å². The molecule has 30 heavy (non-hydrogen) atoms. The van der Waals surface area contributed by atoms with Gasteiger partial charge in [-0.05, 0) is 42.0 Å². The predicted molar refractivity (Wildman–Crippen MR) is 132 cm³/mol. The zero-order chi connectivity index (χ0) is 21.1. The summed E-state index contributed by atoms with van der Waals surface area (Å²) in [5.74, 6) is 0.620. The Labute approximate surface area is 205 Å². The number of hydrogen-bond acceptors (Lipinski definition) is 4. The molecule has 0 aliphatic heterocycles. The van der Waals surface area contributed by atoms with E-state index in [0.717, 1.165) is 37.0 Å². The summed E-state index contributed by atoms with van der Waals surface area (Å²) < 4.78 is 2.01. The second kappa shape index (κ2) is 9.79. The zero-order valence-electron chi connectivity index (χ0n) is 15.3. The van der Waals surface area contributed by atoms with Gasteiger partial charge in [0.2, 0.25) is 5.16 Å². The molecule has 1 heterocycles. The first kappa shape index (κ1) is 21.8. The Kier molecular flexibility index (Phi) is 7.11. The number of benzene rings is 3. The lowest BCUT2D eigenvalue weighted by Crippen LogP contribution is -1.99. The lowest BCUT2D eigenvalue weighted by molar-refractivity contribution is 0.850. The van der Waals surface area contributed by atoms with E-state index >= 15 is 0 Å². The van der Waals surface area contributed by atoms with Crippen LogP contribution in [0.25, 0.3) is 22.5 Å². The van der Waals surface area contributed by atoms with Crippen molar-refractivity contribution < 1.29 is 0 Å². The number of thioether (sulfide) groups is 1. The third kappa shape index (κ3) is 5.24. The van der Waals surface area contributed by atoms with Crippen LogP contribution < -0.4 is 0 Å². The van der Waals surface area contributed by atoms with Crippen LogP contribution in [0.5, 0.6) is 0 Å². The van der Waals surface area contributed by atoms with E-state index in [-0.39, 0.29) is 0 Å². The Morgan fingerprint density at radius 1 is 0.733 bits per heavy atom. The molecule has 4 rings (SSSR count). The van der Waals surface area contributed by atoms with Crippen molar-refractivity contribution in [1.82, 2.24) is 15.2 Å². The van der Waals surface area contributed by atoms with Gasteiger partial charge in [0, 0.05) is 35.9 Å². The average Bonchev–Trinajstić information content (AvgIpc) is 2.74. The van der Waals surface area contributed by atoms with E-state index in [2.05, 4.69) is 42.1 Å². The molecule has 0 aliphatic rings. The lowest BCUT2D eigenvalue weighted by Gasteiger charge is -2.10. The van der Waals surface area contributed by atoms with Crippen LogP contribution in [0.4, 0.5) is 0 Å². The highest BCUT2D eigenvalue weighted by molar-refractivity contribution is 9.10. The topological polar surface area (TPSA) is 38.7 Å². The minimum atomic E-state index is 0.583. The molecule has 4 aromatic rings. The summed E-state index contributed by atoms with van der Waals surface area (Å²) in [5.41, 5.74) is 4.41. The number of rotatable bonds is 5. The quantitative estimate of drug-likeness (QED) is 0.222. The van der Waals surface area contributed by atoms with Crippen molar-refractivity contribution in [3.05, 3.63) is 91.3 Å². The summed E-state index contributed by atoms with van der Waals surface area (Å²) in [6.45, 7) is 0. The minimum absolute atomic E-state index is 0.583. The Hall–Kier alpha value is -1.44. The molecule has 8 heteroatoms. The van der Waals surface area contributed by atoms with Gasteiger partial charge in [0.25, 0.3) is 0 Å². The molecule has 0 radical (unpaired) electrons. The van der Waals surface area contributed by atoms with Crippen LogP contribution in [0, 0.1) is 0 Å². The Balaban J connectivity index is 1.70. The average molecular weight is 582 g/mol. The van der Waals surface area contributed by atoms with Crippen LogP contribution in [0.15, 0.2) is 80.8 Å². The summed E-state index contributed by atoms with van der Waals surface area (Å²) in [5, 5.41) is 10.7. The van der Waals surface area contributed by atoms with Crippen molar-refractivity contribution in [2.45, 2.75) is 10.9 Å². The molecule has 0 bridgehead atoms. The number of hydrogen-bond donors (Lipinski definition) is 0. The van der Waals surface area contributed by atoms with Gasteiger partial charge in [-0.3, -0.25) is 0 Å². The molecule has 0 atom stereocenters. The van der Waals surface area contributed by atoms with Gasteiger partial charge < -0.3 is 0 Å². The molecular formula is C22H13Br2Cl2N3S. The van der Waals surface area contributed by atoms with E-state index in [1.165, 1.54) is 11.8 Å². The van der Waals surface area contributed by atoms with Gasteiger partial charge in [-0.15, -0.1) is 10.2 Å². The van der Waals surface area contributed by atoms with E-state index < -0.39 is 0 Å². The van der Waals surface area contributed by atoms with Crippen molar-refractivity contribution in [2.24, 2.45) is 0 Å². The fourth-order valence-electron chi connectivity index (χ4n) is 2.76. The Bertz CT molecular complexity index is 1190. The van der Waals surface area contributed by atoms with E-state index in [0.29, 0.717) is 21.0 Å². The summed E-state index contributed by atoms with van der Waals surface area (Å²) in [7, 11) is 0. The summed E-state index contributed by atoms with van der Waals surface area (Å²) in [6.07, 6.45) is 0. The first-order valence-electron chi connectivity index (χ1n) is 8.83. The molecule has 0 N–H and O–H groups in total. The van der Waals surface area contributed by atoms with Crippen molar-refractivity contribution in [3.63, 3.8) is 0 Å². The summed E-state index contributed by atoms with van der Waals surface area (Å²) >= 11 is 20.7. The number of aromatic nitrogens is 3. The standard InChI is InChI=1S/C22H13Br2Cl2N3S/c23-16-6-1-13(2-7-16)20-21(14-3-8-17(24)9-4-14)28-29-22(27-20)30-12-15-5-10-18(25)11-19(15)26/h1-11H,12H2. The monoisotopic (exact) mass is 579 g/mol. The Morgan fingerprint density at radius 3 is 1.93 bits per heavy atom. The van der Waals surface area contributed by atoms with Crippen molar-refractivity contribution >= 4 is 66.8 Å². The molecule has 0 saturated heterocycles. The molecule has 3 aromatic carbocycles. The largest absolute Gasteiger partial charge is 0.219 e. The van der Waals surface area contributed by atoms with E-state index in [4.69, 9.17) is 28.2 Å². The van der Waals surface area contributed by atoms with Gasteiger partial charge in [0.1, 0.15) is 11.4 Å². The number of halogens is 4. The van der Waals surface area contributed by atoms with Crippen molar-refractivity contribution in [3.8, 4) is 22.5 Å². The smallest absolute Gasteiger partial charge is 0.210 e. The molecule has 0 unspecified atom stereocenters. The van der Waals surface area contributed by atoms with Crippen molar-refractivity contribution in [1.29, 1.82) is 0 Å². The molecule has 0 fully saturated rings. The molecule has 0 aliphatic carbocycles. The maximum absolute atomic E-state index is 6.29. The fourth-order valence-corrected chi connectivity index (χ4v) is 4.64. The van der Waals surface area contributed by atoms with E-state index in [1.807, 2.05) is 60.7 Å². The molecule has 0 spiro atoms. The molecule has 0 saturated carbocycles. The minimum Gasteiger partial charge on any atom is -0.219 e. The molecule has 0 amide bonds. The first-order chi connectivity index (χ1) is 14.5. The maximum atomic E-state index is 6.29. The van der Waals surface area contributed by atoms with Crippen LogP contribution in [-0.4, -0.2) is 15.2 Å². The van der Waals surface area contributed by atoms with Gasteiger partial charge in [-0.1, -0.05) is 97.2 Å². The SMILES string of the molecule is Clc1ccc(CSc2nnc(-c3ccc(Br)cc3)c(-c3ccc(Br)cc3)n2)c(Cl)c1. The summed E-state index contributed by atoms with van der Waals surface area (Å²) in [4.78, 5) is 4.83. The second-order valence-corrected chi connectivity index (χ2v) is 9.95. The second-order valence-electron chi connectivity index (χ2n) is 6.33. The molecule has 150 valence electrons. The third-order valence-corrected chi connectivity index (χ3v) is 6.81. The Morgan fingerprint density at radius 2 is 1.33 bits per heavy atom. The van der Waals surface area contributed by atoms with Crippen LogP contribution in [0.1, 0.15) is 5.56 Å². The van der Waals surface area contributed by atoms with E-state index in [1.54, 1.807) is 6.07 Å². The third-order valence-electron chi connectivity index (χ3n) is 4.27. The highest BCUT2D eigenvalue weighted by Crippen LogP contribution is 2.33. The normalized spacial score (nSPS) is 10.9.